The zero-order valence-corrected chi connectivity index (χ0v) is 22.1. The average molecular weight is 552 g/mol. The lowest BCUT2D eigenvalue weighted by Gasteiger charge is -2.22. The van der Waals surface area contributed by atoms with Crippen molar-refractivity contribution in [3.05, 3.63) is 65.9 Å². The Labute approximate surface area is 231 Å². The lowest BCUT2D eigenvalue weighted by molar-refractivity contribution is -0.120. The second-order valence-corrected chi connectivity index (χ2v) is 8.60. The highest BCUT2D eigenvalue weighted by Gasteiger charge is 2.25. The number of carbonyl (C=O) groups excluding carboxylic acids is 3. The number of urea groups is 2. The standard InChI is InChI=1S/C26H33N9O5/c1-2-3-13-39-16-21(36)31-19-11-9-18(10-12-19)22-20(15-40-14-17-7-5-4-6-8-17)32-26(35(30)25(28)38)33-23(22)34(29)24(27)37/h4-12H,2-3,13-16,29-30H2,1H3,(H2,27,37)(H2,28,38)(H,31,36). The minimum Gasteiger partial charge on any atom is -0.372 e. The van der Waals surface area contributed by atoms with E-state index in [0.717, 1.165) is 18.4 Å². The van der Waals surface area contributed by atoms with Crippen molar-refractivity contribution in [3.8, 4) is 11.1 Å². The Kier molecular flexibility index (Phi) is 10.8. The van der Waals surface area contributed by atoms with Crippen LogP contribution in [0.4, 0.5) is 27.0 Å². The van der Waals surface area contributed by atoms with Gasteiger partial charge in [0.2, 0.25) is 5.91 Å². The number of nitrogens with two attached hydrogens (primary N) is 4. The molecule has 14 nitrogen and oxygen atoms in total. The summed E-state index contributed by atoms with van der Waals surface area (Å²) < 4.78 is 11.2. The summed E-state index contributed by atoms with van der Waals surface area (Å²) in [5.41, 5.74) is 13.2. The number of hydrazine groups is 2. The van der Waals surface area contributed by atoms with Crippen molar-refractivity contribution in [2.45, 2.75) is 33.0 Å². The fourth-order valence-electron chi connectivity index (χ4n) is 3.53. The van der Waals surface area contributed by atoms with E-state index in [0.29, 0.717) is 27.9 Å². The molecule has 0 unspecified atom stereocenters. The van der Waals surface area contributed by atoms with Gasteiger partial charge >= 0.3 is 12.1 Å². The lowest BCUT2D eigenvalue weighted by atomic mass is 10.0. The molecule has 0 spiro atoms. The minimum atomic E-state index is -1.05. The predicted octanol–water partition coefficient (Wildman–Crippen LogP) is 2.13. The van der Waals surface area contributed by atoms with E-state index in [-0.39, 0.29) is 48.8 Å². The molecule has 0 bridgehead atoms. The average Bonchev–Trinajstić information content (AvgIpc) is 2.95. The van der Waals surface area contributed by atoms with Gasteiger partial charge in [-0.1, -0.05) is 55.8 Å². The Bertz CT molecular complexity index is 1310. The van der Waals surface area contributed by atoms with E-state index < -0.39 is 12.1 Å². The van der Waals surface area contributed by atoms with Crippen molar-refractivity contribution in [3.63, 3.8) is 0 Å². The molecule has 0 radical (unpaired) electrons. The number of amides is 5. The minimum absolute atomic E-state index is 0.0691. The molecular weight excluding hydrogens is 518 g/mol. The number of anilines is 3. The van der Waals surface area contributed by atoms with Gasteiger partial charge in [0, 0.05) is 12.3 Å². The van der Waals surface area contributed by atoms with E-state index in [2.05, 4.69) is 15.3 Å². The first-order valence-corrected chi connectivity index (χ1v) is 12.4. The predicted molar refractivity (Wildman–Crippen MR) is 149 cm³/mol. The van der Waals surface area contributed by atoms with Gasteiger partial charge in [-0.05, 0) is 29.7 Å². The molecule has 0 aliphatic heterocycles. The Morgan fingerprint density at radius 3 is 2.17 bits per heavy atom. The highest BCUT2D eigenvalue weighted by Crippen LogP contribution is 2.34. The van der Waals surface area contributed by atoms with Crippen molar-refractivity contribution in [1.82, 2.24) is 9.97 Å². The van der Waals surface area contributed by atoms with Crippen molar-refractivity contribution >= 4 is 35.4 Å². The second-order valence-electron chi connectivity index (χ2n) is 8.60. The van der Waals surface area contributed by atoms with Crippen LogP contribution >= 0.6 is 0 Å². The zero-order valence-electron chi connectivity index (χ0n) is 22.1. The summed E-state index contributed by atoms with van der Waals surface area (Å²) in [4.78, 5) is 44.5. The Morgan fingerprint density at radius 2 is 1.55 bits per heavy atom. The number of hydrogen-bond donors (Lipinski definition) is 5. The topological polar surface area (TPSA) is 218 Å². The van der Waals surface area contributed by atoms with Crippen LogP contribution in [0.3, 0.4) is 0 Å². The monoisotopic (exact) mass is 551 g/mol. The molecule has 0 aliphatic rings. The van der Waals surface area contributed by atoms with Crippen molar-refractivity contribution in [2.75, 3.05) is 28.5 Å². The molecule has 9 N–H and O–H groups in total. The number of aromatic nitrogens is 2. The lowest BCUT2D eigenvalue weighted by Crippen LogP contribution is -2.45. The SMILES string of the molecule is CCCCOCC(=O)Nc1ccc(-c2c(COCc3ccccc3)nc(N(N)C(N)=O)nc2N(N)C(N)=O)cc1. The van der Waals surface area contributed by atoms with Gasteiger partial charge < -0.3 is 26.3 Å². The largest absolute Gasteiger partial charge is 0.372 e. The first kappa shape index (κ1) is 29.9. The number of nitrogens with one attached hydrogen (secondary N) is 1. The number of benzene rings is 2. The maximum absolute atomic E-state index is 12.2. The summed E-state index contributed by atoms with van der Waals surface area (Å²) in [7, 11) is 0. The van der Waals surface area contributed by atoms with Gasteiger partial charge in [0.15, 0.2) is 5.82 Å². The van der Waals surface area contributed by atoms with Crippen LogP contribution in [0.1, 0.15) is 31.0 Å². The second kappa shape index (κ2) is 14.5. The van der Waals surface area contributed by atoms with E-state index in [4.69, 9.17) is 32.6 Å². The van der Waals surface area contributed by atoms with Gasteiger partial charge in [0.05, 0.1) is 24.5 Å². The number of nitrogens with zero attached hydrogens (tertiary/aromatic N) is 4. The third kappa shape index (κ3) is 8.18. The summed E-state index contributed by atoms with van der Waals surface area (Å²) >= 11 is 0. The molecule has 0 fully saturated rings. The third-order valence-corrected chi connectivity index (χ3v) is 5.55. The Hall–Kier alpha value is -4.63. The molecule has 3 rings (SSSR count). The molecule has 40 heavy (non-hydrogen) atoms. The van der Waals surface area contributed by atoms with Crippen LogP contribution in [0.5, 0.6) is 0 Å². The first-order chi connectivity index (χ1) is 19.2. The highest BCUT2D eigenvalue weighted by molar-refractivity contribution is 5.96. The number of unbranched alkanes of at least 4 members (excludes halogenated alkanes) is 1. The number of hydrogen-bond acceptors (Lipinski definition) is 9. The van der Waals surface area contributed by atoms with E-state index >= 15 is 0 Å². The number of rotatable bonds is 13. The van der Waals surface area contributed by atoms with E-state index in [1.807, 2.05) is 37.3 Å². The van der Waals surface area contributed by atoms with Crippen LogP contribution in [0.15, 0.2) is 54.6 Å². The summed E-state index contributed by atoms with van der Waals surface area (Å²) in [5.74, 6) is 10.9. The molecule has 0 saturated carbocycles. The molecule has 2 aromatic carbocycles. The number of carbonyl (C=O) groups is 3. The summed E-state index contributed by atoms with van der Waals surface area (Å²) in [6.07, 6.45) is 1.84. The van der Waals surface area contributed by atoms with Crippen molar-refractivity contribution < 1.29 is 23.9 Å². The van der Waals surface area contributed by atoms with Gasteiger partial charge in [-0.25, -0.2) is 31.3 Å². The molecule has 1 aromatic heterocycles. The molecule has 0 aliphatic carbocycles. The molecule has 14 heteroatoms. The maximum Gasteiger partial charge on any atom is 0.336 e. The first-order valence-electron chi connectivity index (χ1n) is 12.4. The maximum atomic E-state index is 12.2. The van der Waals surface area contributed by atoms with Crippen LogP contribution in [0, 0.1) is 0 Å². The van der Waals surface area contributed by atoms with Crippen molar-refractivity contribution in [1.29, 1.82) is 0 Å². The highest BCUT2D eigenvalue weighted by atomic mass is 16.5. The van der Waals surface area contributed by atoms with Crippen LogP contribution in [0.2, 0.25) is 0 Å². The van der Waals surface area contributed by atoms with Gasteiger partial charge in [0.25, 0.3) is 5.95 Å². The summed E-state index contributed by atoms with van der Waals surface area (Å²) in [6.45, 7) is 2.62. The van der Waals surface area contributed by atoms with Gasteiger partial charge in [-0.2, -0.15) is 9.99 Å². The summed E-state index contributed by atoms with van der Waals surface area (Å²) in [5, 5.41) is 3.85. The fourth-order valence-corrected chi connectivity index (χ4v) is 3.53. The smallest absolute Gasteiger partial charge is 0.336 e. The summed E-state index contributed by atoms with van der Waals surface area (Å²) in [6, 6.07) is 14.0. The van der Waals surface area contributed by atoms with Crippen molar-refractivity contribution in [2.24, 2.45) is 23.2 Å². The molecule has 5 amide bonds. The number of primary amides is 2. The van der Waals surface area contributed by atoms with E-state index in [1.165, 1.54) is 0 Å². The Morgan fingerprint density at radius 1 is 0.875 bits per heavy atom. The molecule has 3 aromatic rings. The quantitative estimate of drug-likeness (QED) is 0.0908. The number of ether oxygens (including phenoxy) is 2. The molecule has 212 valence electrons. The molecular formula is C26H33N9O5. The normalized spacial score (nSPS) is 10.7. The van der Waals surface area contributed by atoms with Gasteiger partial charge in [-0.15, -0.1) is 0 Å². The van der Waals surface area contributed by atoms with E-state index in [1.54, 1.807) is 24.3 Å². The molecule has 0 saturated heterocycles. The van der Waals surface area contributed by atoms with Crippen LogP contribution in [-0.4, -0.2) is 41.2 Å². The Balaban J connectivity index is 1.96. The molecule has 1 heterocycles. The zero-order chi connectivity index (χ0) is 29.1. The third-order valence-electron chi connectivity index (χ3n) is 5.55. The van der Waals surface area contributed by atoms with E-state index in [9.17, 15) is 14.4 Å². The van der Waals surface area contributed by atoms with Crippen LogP contribution in [0.25, 0.3) is 11.1 Å². The van der Waals surface area contributed by atoms with Crippen LogP contribution < -0.4 is 38.5 Å². The van der Waals surface area contributed by atoms with Crippen LogP contribution in [-0.2, 0) is 27.5 Å². The molecule has 0 atom stereocenters. The van der Waals surface area contributed by atoms with Gasteiger partial charge in [0.1, 0.15) is 6.61 Å². The fraction of sp³-hybridized carbons (Fsp3) is 0.269. The van der Waals surface area contributed by atoms with Gasteiger partial charge in [-0.3, -0.25) is 4.79 Å².